The van der Waals surface area contributed by atoms with E-state index in [4.69, 9.17) is 9.47 Å². The number of alkyl halides is 6. The van der Waals surface area contributed by atoms with Crippen LogP contribution in [0.25, 0.3) is 6.08 Å². The first-order chi connectivity index (χ1) is 18.6. The molecule has 1 aromatic rings. The van der Waals surface area contributed by atoms with Crippen molar-refractivity contribution in [2.45, 2.75) is 95.7 Å². The van der Waals surface area contributed by atoms with Crippen molar-refractivity contribution < 1.29 is 45.7 Å². The van der Waals surface area contributed by atoms with E-state index in [0.29, 0.717) is 31.1 Å². The van der Waals surface area contributed by atoms with E-state index >= 15 is 0 Å². The number of hydrogen-bond acceptors (Lipinski definition) is 4. The van der Waals surface area contributed by atoms with Crippen LogP contribution in [-0.4, -0.2) is 41.7 Å². The third-order valence-corrected chi connectivity index (χ3v) is 8.11. The highest BCUT2D eigenvalue weighted by Gasteiger charge is 2.69. The standard InChI is InChI=1S/C30H36F6O4/c1-5-27(6-2,23-12-13-25(20(4)17-23)39-18-24-8-7-9-26(37)40-24)22-11-10-21(19(3)16-22)14-15-28(38,29(31,32)33)30(34,35)36/h10-16,20,24,38H,5-9,17-18H2,1-4H3/b15-14+/t20?,24-/m0/s1. The molecule has 2 aliphatic rings. The second-order valence-corrected chi connectivity index (χ2v) is 10.6. The molecule has 4 nitrogen and oxygen atoms in total. The van der Waals surface area contributed by atoms with E-state index in [-0.39, 0.29) is 29.6 Å². The largest absolute Gasteiger partial charge is 0.494 e. The van der Waals surface area contributed by atoms with Gasteiger partial charge >= 0.3 is 18.3 Å². The number of aliphatic hydroxyl groups is 1. The Balaban J connectivity index is 1.86. The van der Waals surface area contributed by atoms with Gasteiger partial charge in [0, 0.05) is 17.8 Å². The molecule has 40 heavy (non-hydrogen) atoms. The van der Waals surface area contributed by atoms with Gasteiger partial charge in [0.2, 0.25) is 0 Å². The van der Waals surface area contributed by atoms with Crippen LogP contribution in [0.3, 0.4) is 0 Å². The van der Waals surface area contributed by atoms with Gasteiger partial charge < -0.3 is 14.6 Å². The second kappa shape index (κ2) is 12.0. The van der Waals surface area contributed by atoms with Gasteiger partial charge in [-0.05, 0) is 67.9 Å². The number of cyclic esters (lactones) is 1. The molecule has 0 amide bonds. The molecule has 0 bridgehead atoms. The molecule has 1 fully saturated rings. The van der Waals surface area contributed by atoms with E-state index in [0.717, 1.165) is 42.6 Å². The van der Waals surface area contributed by atoms with Crippen LogP contribution < -0.4 is 0 Å². The molecule has 1 saturated heterocycles. The van der Waals surface area contributed by atoms with E-state index < -0.39 is 23.4 Å². The van der Waals surface area contributed by atoms with Crippen molar-refractivity contribution >= 4 is 12.0 Å². The fourth-order valence-corrected chi connectivity index (χ4v) is 5.49. The lowest BCUT2D eigenvalue weighted by molar-refractivity contribution is -0.347. The molecule has 1 unspecified atom stereocenters. The molecule has 1 aliphatic heterocycles. The highest BCUT2D eigenvalue weighted by atomic mass is 19.4. The number of carbonyl (C=O) groups is 1. The number of esters is 1. The SMILES string of the molecule is CCC(CC)(C1=CC=C(OC[C@@H]2CCCC(=O)O2)C(C)C1)c1ccc(/C=C/C(O)(C(F)(F)F)C(F)(F)F)c(C)c1. The lowest BCUT2D eigenvalue weighted by atomic mass is 9.66. The maximum atomic E-state index is 13.1. The van der Waals surface area contributed by atoms with Crippen LogP contribution in [0.5, 0.6) is 0 Å². The molecule has 222 valence electrons. The van der Waals surface area contributed by atoms with Crippen molar-refractivity contribution in [2.75, 3.05) is 6.61 Å². The number of rotatable bonds is 9. The Morgan fingerprint density at radius 3 is 2.25 bits per heavy atom. The highest BCUT2D eigenvalue weighted by molar-refractivity contribution is 5.70. The summed E-state index contributed by atoms with van der Waals surface area (Å²) in [4.78, 5) is 11.5. The molecule has 1 aromatic carbocycles. The molecule has 0 spiro atoms. The summed E-state index contributed by atoms with van der Waals surface area (Å²) in [5.41, 5.74) is -2.68. The van der Waals surface area contributed by atoms with Gasteiger partial charge in [-0.3, -0.25) is 4.79 Å². The predicted molar refractivity (Wildman–Crippen MR) is 139 cm³/mol. The quantitative estimate of drug-likeness (QED) is 0.241. The number of aryl methyl sites for hydroxylation is 1. The number of allylic oxidation sites excluding steroid dienone is 4. The van der Waals surface area contributed by atoms with Gasteiger partial charge in [-0.1, -0.05) is 56.7 Å². The second-order valence-electron chi connectivity index (χ2n) is 10.6. The van der Waals surface area contributed by atoms with Gasteiger partial charge in [0.05, 0.1) is 5.76 Å². The van der Waals surface area contributed by atoms with Gasteiger partial charge in [0.25, 0.3) is 5.60 Å². The minimum Gasteiger partial charge on any atom is -0.494 e. The molecule has 2 atom stereocenters. The van der Waals surface area contributed by atoms with E-state index in [1.165, 1.54) is 6.07 Å². The van der Waals surface area contributed by atoms with E-state index in [9.17, 15) is 36.2 Å². The first-order valence-corrected chi connectivity index (χ1v) is 13.5. The molecular weight excluding hydrogens is 538 g/mol. The first kappa shape index (κ1) is 31.8. The summed E-state index contributed by atoms with van der Waals surface area (Å²) >= 11 is 0. The number of ether oxygens (including phenoxy) is 2. The van der Waals surface area contributed by atoms with E-state index in [1.54, 1.807) is 19.1 Å². The van der Waals surface area contributed by atoms with Crippen molar-refractivity contribution in [3.05, 3.63) is 64.4 Å². The van der Waals surface area contributed by atoms with Crippen LogP contribution in [0, 0.1) is 12.8 Å². The summed E-state index contributed by atoms with van der Waals surface area (Å²) in [6.45, 7) is 8.03. The minimum absolute atomic E-state index is 0.0579. The summed E-state index contributed by atoms with van der Waals surface area (Å²) in [6, 6.07) is 4.99. The van der Waals surface area contributed by atoms with Gasteiger partial charge in [0.1, 0.15) is 12.7 Å². The van der Waals surface area contributed by atoms with Gasteiger partial charge in [0.15, 0.2) is 0 Å². The van der Waals surface area contributed by atoms with Crippen LogP contribution in [-0.2, 0) is 19.7 Å². The number of hydrogen-bond donors (Lipinski definition) is 1. The smallest absolute Gasteiger partial charge is 0.430 e. The molecule has 0 radical (unpaired) electrons. The van der Waals surface area contributed by atoms with Crippen molar-refractivity contribution in [3.8, 4) is 0 Å². The molecule has 1 aliphatic carbocycles. The lowest BCUT2D eigenvalue weighted by Crippen LogP contribution is -2.55. The molecule has 0 saturated carbocycles. The highest BCUT2D eigenvalue weighted by Crippen LogP contribution is 2.46. The summed E-state index contributed by atoms with van der Waals surface area (Å²) in [7, 11) is 0. The first-order valence-electron chi connectivity index (χ1n) is 13.5. The topological polar surface area (TPSA) is 55.8 Å². The Morgan fingerprint density at radius 1 is 1.07 bits per heavy atom. The predicted octanol–water partition coefficient (Wildman–Crippen LogP) is 7.88. The molecule has 3 rings (SSSR count). The minimum atomic E-state index is -5.92. The summed E-state index contributed by atoms with van der Waals surface area (Å²) in [5, 5.41) is 9.45. The molecule has 10 heteroatoms. The third kappa shape index (κ3) is 6.42. The zero-order valence-electron chi connectivity index (χ0n) is 23.1. The van der Waals surface area contributed by atoms with Gasteiger partial charge in [-0.2, -0.15) is 26.3 Å². The fourth-order valence-electron chi connectivity index (χ4n) is 5.49. The molecular formula is C30H36F6O4. The van der Waals surface area contributed by atoms with Gasteiger partial charge in [-0.15, -0.1) is 0 Å². The maximum Gasteiger partial charge on any atom is 0.430 e. The maximum absolute atomic E-state index is 13.1. The van der Waals surface area contributed by atoms with Crippen molar-refractivity contribution in [1.82, 2.24) is 0 Å². The zero-order valence-corrected chi connectivity index (χ0v) is 23.1. The van der Waals surface area contributed by atoms with Crippen LogP contribution >= 0.6 is 0 Å². The normalized spacial score (nSPS) is 21.2. The monoisotopic (exact) mass is 574 g/mol. The Morgan fingerprint density at radius 2 is 1.73 bits per heavy atom. The van der Waals surface area contributed by atoms with Crippen molar-refractivity contribution in [1.29, 1.82) is 0 Å². The Labute approximate surface area is 230 Å². The molecule has 0 aromatic heterocycles. The lowest BCUT2D eigenvalue weighted by Gasteiger charge is -2.39. The van der Waals surface area contributed by atoms with Crippen LogP contribution in [0.4, 0.5) is 26.3 Å². The summed E-state index contributed by atoms with van der Waals surface area (Å²) in [6.07, 6.45) is -3.62. The van der Waals surface area contributed by atoms with Crippen LogP contribution in [0.1, 0.15) is 76.0 Å². The Kier molecular flexibility index (Phi) is 9.54. The number of benzene rings is 1. The average Bonchev–Trinajstić information content (AvgIpc) is 2.87. The Hall–Kier alpha value is -2.75. The van der Waals surface area contributed by atoms with Crippen molar-refractivity contribution in [2.24, 2.45) is 5.92 Å². The summed E-state index contributed by atoms with van der Waals surface area (Å²) in [5.74, 6) is 0.643. The van der Waals surface area contributed by atoms with E-state index in [2.05, 4.69) is 0 Å². The average molecular weight is 575 g/mol. The third-order valence-electron chi connectivity index (χ3n) is 8.11. The van der Waals surface area contributed by atoms with Gasteiger partial charge in [-0.25, -0.2) is 0 Å². The van der Waals surface area contributed by atoms with Crippen LogP contribution in [0.15, 0.2) is 47.8 Å². The van der Waals surface area contributed by atoms with E-state index in [1.807, 2.05) is 32.9 Å². The number of carbonyl (C=O) groups excluding carboxylic acids is 1. The van der Waals surface area contributed by atoms with Crippen LogP contribution in [0.2, 0.25) is 0 Å². The zero-order chi connectivity index (χ0) is 29.9. The number of halogens is 6. The Bertz CT molecular complexity index is 1140. The summed E-state index contributed by atoms with van der Waals surface area (Å²) < 4.78 is 89.8. The van der Waals surface area contributed by atoms with Crippen molar-refractivity contribution in [3.63, 3.8) is 0 Å². The molecule has 1 N–H and O–H groups in total. The molecule has 1 heterocycles. The fraction of sp³-hybridized carbons (Fsp3) is 0.567.